The molecule has 0 bridgehead atoms. The minimum atomic E-state index is 0. The van der Waals surface area contributed by atoms with Crippen molar-refractivity contribution in [3.05, 3.63) is 0 Å². The minimum absolute atomic E-state index is 0. The molecule has 0 radical (unpaired) electrons. The molecule has 0 spiro atoms. The molecule has 0 aliphatic rings. The molecule has 5 heteroatoms. The van der Waals surface area contributed by atoms with Gasteiger partial charge in [-0.05, 0) is 24.3 Å². The molecule has 0 fully saturated rings. The Labute approximate surface area is 111 Å². The van der Waals surface area contributed by atoms with Crippen LogP contribution in [0.2, 0.25) is 0 Å². The van der Waals surface area contributed by atoms with E-state index in [1.807, 2.05) is 21.6 Å². The van der Waals surface area contributed by atoms with Crippen LogP contribution >= 0.6 is 46.8 Å². The first-order chi connectivity index (χ1) is 4.91. The molecular weight excluding hydrogens is 223 g/mol. The molecule has 0 heterocycles. The van der Waals surface area contributed by atoms with E-state index in [2.05, 4.69) is 25.3 Å². The van der Waals surface area contributed by atoms with E-state index < -0.39 is 0 Å². The second kappa shape index (κ2) is 14.9. The van der Waals surface area contributed by atoms with Gasteiger partial charge >= 0.3 is 29.6 Å². The Kier molecular flexibility index (Phi) is 21.5. The van der Waals surface area contributed by atoms with Crippen molar-refractivity contribution in [3.63, 3.8) is 0 Å². The maximum absolute atomic E-state index is 4.13. The second-order valence-corrected chi connectivity index (χ2v) is 5.39. The van der Waals surface area contributed by atoms with Gasteiger partial charge in [0.15, 0.2) is 0 Å². The number of thiol groups is 2. The number of hydrogen-bond donors (Lipinski definition) is 2. The van der Waals surface area contributed by atoms with Gasteiger partial charge in [-0.25, -0.2) is 0 Å². The molecule has 0 nitrogen and oxygen atoms in total. The van der Waals surface area contributed by atoms with Gasteiger partial charge in [0.05, 0.1) is 0 Å². The summed E-state index contributed by atoms with van der Waals surface area (Å²) in [6, 6.07) is 0. The Bertz CT molecular complexity index is 54.5. The van der Waals surface area contributed by atoms with Gasteiger partial charge in [0.1, 0.15) is 0 Å². The summed E-state index contributed by atoms with van der Waals surface area (Å²) in [6.07, 6.45) is 2.45. The van der Waals surface area contributed by atoms with E-state index in [-0.39, 0.29) is 29.6 Å². The Morgan fingerprint density at radius 2 is 1.18 bits per heavy atom. The van der Waals surface area contributed by atoms with Crippen LogP contribution in [-0.4, -0.2) is 52.6 Å². The zero-order valence-corrected chi connectivity index (χ0v) is 9.38. The molecule has 0 aromatic rings. The van der Waals surface area contributed by atoms with E-state index in [9.17, 15) is 0 Å². The van der Waals surface area contributed by atoms with E-state index in [1.165, 1.54) is 24.3 Å². The quantitative estimate of drug-likeness (QED) is 0.302. The summed E-state index contributed by atoms with van der Waals surface area (Å²) >= 11 is 8.26. The van der Waals surface area contributed by atoms with Crippen LogP contribution in [0, 0.1) is 0 Å². The van der Waals surface area contributed by atoms with Gasteiger partial charge in [-0.1, -0.05) is 21.6 Å². The fourth-order valence-electron chi connectivity index (χ4n) is 0.365. The molecule has 0 aliphatic heterocycles. The molecule has 0 aliphatic carbocycles. The Hall–Kier alpha value is 2.40. The van der Waals surface area contributed by atoms with Crippen molar-refractivity contribution in [3.8, 4) is 0 Å². The van der Waals surface area contributed by atoms with Crippen molar-refractivity contribution in [1.29, 1.82) is 0 Å². The van der Waals surface area contributed by atoms with Crippen LogP contribution in [0.3, 0.4) is 0 Å². The predicted molar refractivity (Wildman–Crippen MR) is 69.0 cm³/mol. The molecule has 0 unspecified atom stereocenters. The van der Waals surface area contributed by atoms with Crippen molar-refractivity contribution in [2.45, 2.75) is 12.8 Å². The molecule has 0 atom stereocenters. The molecule has 0 amide bonds. The molecule has 0 aromatic carbocycles. The van der Waals surface area contributed by atoms with E-state index in [4.69, 9.17) is 0 Å². The topological polar surface area (TPSA) is 0 Å². The standard InChI is InChI=1S/C6H14S4.Na.H/c7-3-1-5-9-10-6-2-4-8;;/h7-8H,1-6H2;;. The average Bonchev–Trinajstić information content (AvgIpc) is 1.97. The molecule has 0 saturated carbocycles. The van der Waals surface area contributed by atoms with Crippen molar-refractivity contribution < 1.29 is 0 Å². The third-order valence-electron chi connectivity index (χ3n) is 0.855. The third-order valence-corrected chi connectivity index (χ3v) is 4.06. The number of hydrogen-bond acceptors (Lipinski definition) is 4. The van der Waals surface area contributed by atoms with E-state index in [0.29, 0.717) is 0 Å². The van der Waals surface area contributed by atoms with Crippen LogP contribution < -0.4 is 0 Å². The van der Waals surface area contributed by atoms with Crippen LogP contribution in [0.1, 0.15) is 12.8 Å². The van der Waals surface area contributed by atoms with Gasteiger partial charge < -0.3 is 0 Å². The number of rotatable bonds is 7. The predicted octanol–water partition coefficient (Wildman–Crippen LogP) is 2.36. The SMILES string of the molecule is SCCCSSCCCS.[NaH]. The zero-order valence-electron chi connectivity index (χ0n) is 5.95. The summed E-state index contributed by atoms with van der Waals surface area (Å²) in [6.45, 7) is 0. The summed E-state index contributed by atoms with van der Waals surface area (Å²) in [7, 11) is 3.90. The summed E-state index contributed by atoms with van der Waals surface area (Å²) in [5, 5.41) is 0. The molecular formula is C6H15NaS4. The van der Waals surface area contributed by atoms with Crippen molar-refractivity contribution in [2.75, 3.05) is 23.0 Å². The van der Waals surface area contributed by atoms with Crippen molar-refractivity contribution >= 4 is 76.4 Å². The Balaban J connectivity index is 0. The average molecular weight is 238 g/mol. The van der Waals surface area contributed by atoms with Crippen LogP contribution in [0.5, 0.6) is 0 Å². The first kappa shape index (κ1) is 15.9. The van der Waals surface area contributed by atoms with Gasteiger partial charge in [0, 0.05) is 11.5 Å². The molecule has 0 N–H and O–H groups in total. The van der Waals surface area contributed by atoms with Gasteiger partial charge in [-0.3, -0.25) is 0 Å². The van der Waals surface area contributed by atoms with Gasteiger partial charge in [-0.15, -0.1) is 0 Å². The van der Waals surface area contributed by atoms with Gasteiger partial charge in [-0.2, -0.15) is 25.3 Å². The van der Waals surface area contributed by atoms with Gasteiger partial charge in [0.2, 0.25) is 0 Å². The van der Waals surface area contributed by atoms with Crippen LogP contribution in [0.15, 0.2) is 0 Å². The monoisotopic (exact) mass is 238 g/mol. The summed E-state index contributed by atoms with van der Waals surface area (Å²) in [5.74, 6) is 4.50. The van der Waals surface area contributed by atoms with E-state index in [0.717, 1.165) is 11.5 Å². The summed E-state index contributed by atoms with van der Waals surface area (Å²) in [4.78, 5) is 0. The summed E-state index contributed by atoms with van der Waals surface area (Å²) in [5.41, 5.74) is 0. The van der Waals surface area contributed by atoms with Crippen molar-refractivity contribution in [1.82, 2.24) is 0 Å². The fourth-order valence-corrected chi connectivity index (χ4v) is 3.28. The Morgan fingerprint density at radius 3 is 1.45 bits per heavy atom. The van der Waals surface area contributed by atoms with Crippen LogP contribution in [-0.2, 0) is 0 Å². The molecule has 0 rings (SSSR count). The molecule has 0 saturated heterocycles. The normalized spacial score (nSPS) is 9.27. The first-order valence-electron chi connectivity index (χ1n) is 3.38. The maximum atomic E-state index is 4.13. The molecule has 64 valence electrons. The zero-order chi connectivity index (χ0) is 7.66. The summed E-state index contributed by atoms with van der Waals surface area (Å²) < 4.78 is 0. The Morgan fingerprint density at radius 1 is 0.818 bits per heavy atom. The third kappa shape index (κ3) is 15.2. The molecule has 0 aromatic heterocycles. The first-order valence-corrected chi connectivity index (χ1v) is 7.13. The van der Waals surface area contributed by atoms with Gasteiger partial charge in [0.25, 0.3) is 0 Å². The van der Waals surface area contributed by atoms with E-state index in [1.54, 1.807) is 0 Å². The van der Waals surface area contributed by atoms with Crippen LogP contribution in [0.25, 0.3) is 0 Å². The fraction of sp³-hybridized carbons (Fsp3) is 1.00. The molecule has 11 heavy (non-hydrogen) atoms. The van der Waals surface area contributed by atoms with Crippen LogP contribution in [0.4, 0.5) is 0 Å². The van der Waals surface area contributed by atoms with E-state index >= 15 is 0 Å². The van der Waals surface area contributed by atoms with Crippen molar-refractivity contribution in [2.24, 2.45) is 0 Å². The second-order valence-electron chi connectivity index (χ2n) is 1.80.